The Morgan fingerprint density at radius 2 is 2.05 bits per heavy atom. The zero-order valence-electron chi connectivity index (χ0n) is 13.4. The summed E-state index contributed by atoms with van der Waals surface area (Å²) in [6, 6.07) is 7.19. The van der Waals surface area contributed by atoms with Crippen molar-refractivity contribution in [3.8, 4) is 0 Å². The first-order valence-corrected chi connectivity index (χ1v) is 7.78. The standard InChI is InChI=1S/C17H27FN2O/c1-14(11-15-5-4-6-16(18)12-15)19-13-17(2,3)20-7-9-21-10-8-20/h4-6,12,14,19H,7-11,13H2,1-3H3. The van der Waals surface area contributed by atoms with E-state index in [4.69, 9.17) is 4.74 Å². The van der Waals surface area contributed by atoms with Gasteiger partial charge in [0, 0.05) is 31.2 Å². The minimum Gasteiger partial charge on any atom is -0.379 e. The predicted molar refractivity (Wildman–Crippen MR) is 84.0 cm³/mol. The summed E-state index contributed by atoms with van der Waals surface area (Å²) in [6.45, 7) is 11.2. The van der Waals surface area contributed by atoms with Crippen LogP contribution in [-0.4, -0.2) is 49.3 Å². The molecule has 118 valence electrons. The summed E-state index contributed by atoms with van der Waals surface area (Å²) in [6.07, 6.45) is 0.844. The van der Waals surface area contributed by atoms with Gasteiger partial charge in [0.2, 0.25) is 0 Å². The molecule has 0 amide bonds. The van der Waals surface area contributed by atoms with Crippen LogP contribution in [0.25, 0.3) is 0 Å². The Labute approximate surface area is 127 Å². The molecule has 1 aromatic rings. The van der Waals surface area contributed by atoms with E-state index >= 15 is 0 Å². The first-order chi connectivity index (χ1) is 9.97. The van der Waals surface area contributed by atoms with Crippen molar-refractivity contribution in [3.05, 3.63) is 35.6 Å². The molecule has 1 aromatic carbocycles. The van der Waals surface area contributed by atoms with E-state index in [1.54, 1.807) is 12.1 Å². The van der Waals surface area contributed by atoms with E-state index in [1.807, 2.05) is 6.07 Å². The van der Waals surface area contributed by atoms with Crippen LogP contribution in [0.5, 0.6) is 0 Å². The summed E-state index contributed by atoms with van der Waals surface area (Å²) in [5.41, 5.74) is 1.15. The molecule has 1 aliphatic rings. The fourth-order valence-electron chi connectivity index (χ4n) is 2.79. The van der Waals surface area contributed by atoms with Crippen molar-refractivity contribution >= 4 is 0 Å². The second-order valence-corrected chi connectivity index (χ2v) is 6.53. The Kier molecular flexibility index (Phi) is 5.73. The Morgan fingerprint density at radius 1 is 1.33 bits per heavy atom. The molecule has 2 rings (SSSR count). The van der Waals surface area contributed by atoms with Crippen LogP contribution in [0.4, 0.5) is 4.39 Å². The highest BCUT2D eigenvalue weighted by molar-refractivity contribution is 5.17. The number of rotatable bonds is 6. The van der Waals surface area contributed by atoms with Gasteiger partial charge >= 0.3 is 0 Å². The molecular formula is C17H27FN2O. The Bertz CT molecular complexity index is 444. The molecule has 1 aliphatic heterocycles. The van der Waals surface area contributed by atoms with Gasteiger partial charge in [0.25, 0.3) is 0 Å². The summed E-state index contributed by atoms with van der Waals surface area (Å²) >= 11 is 0. The van der Waals surface area contributed by atoms with Gasteiger partial charge in [-0.15, -0.1) is 0 Å². The average molecular weight is 294 g/mol. The molecule has 4 heteroatoms. The van der Waals surface area contributed by atoms with Crippen molar-refractivity contribution in [2.24, 2.45) is 0 Å². The summed E-state index contributed by atoms with van der Waals surface area (Å²) in [7, 11) is 0. The van der Waals surface area contributed by atoms with Crippen molar-refractivity contribution in [1.29, 1.82) is 0 Å². The van der Waals surface area contributed by atoms with Crippen LogP contribution < -0.4 is 5.32 Å². The number of nitrogens with one attached hydrogen (secondary N) is 1. The van der Waals surface area contributed by atoms with E-state index in [9.17, 15) is 4.39 Å². The van der Waals surface area contributed by atoms with Crippen LogP contribution in [0.1, 0.15) is 26.3 Å². The maximum atomic E-state index is 13.2. The van der Waals surface area contributed by atoms with Crippen LogP contribution >= 0.6 is 0 Å². The zero-order chi connectivity index (χ0) is 15.3. The molecule has 3 nitrogen and oxygen atoms in total. The third-order valence-electron chi connectivity index (χ3n) is 4.18. The molecule has 1 unspecified atom stereocenters. The lowest BCUT2D eigenvalue weighted by atomic mass is 10.0. The number of ether oxygens (including phenoxy) is 1. The quantitative estimate of drug-likeness (QED) is 0.872. The van der Waals surface area contributed by atoms with Gasteiger partial charge in [-0.3, -0.25) is 4.90 Å². The lowest BCUT2D eigenvalue weighted by Crippen LogP contribution is -2.55. The van der Waals surface area contributed by atoms with E-state index in [0.29, 0.717) is 6.04 Å². The monoisotopic (exact) mass is 294 g/mol. The Balaban J connectivity index is 1.81. The number of hydrogen-bond acceptors (Lipinski definition) is 3. The number of nitrogens with zero attached hydrogens (tertiary/aromatic N) is 1. The van der Waals surface area contributed by atoms with Gasteiger partial charge in [-0.25, -0.2) is 4.39 Å². The zero-order valence-corrected chi connectivity index (χ0v) is 13.4. The highest BCUT2D eigenvalue weighted by Gasteiger charge is 2.28. The van der Waals surface area contributed by atoms with Crippen molar-refractivity contribution in [2.45, 2.75) is 38.8 Å². The van der Waals surface area contributed by atoms with Crippen LogP contribution in [0.2, 0.25) is 0 Å². The number of hydrogen-bond donors (Lipinski definition) is 1. The summed E-state index contributed by atoms with van der Waals surface area (Å²) in [5, 5.41) is 3.58. The summed E-state index contributed by atoms with van der Waals surface area (Å²) in [5.74, 6) is -0.159. The smallest absolute Gasteiger partial charge is 0.123 e. The first-order valence-electron chi connectivity index (χ1n) is 7.78. The molecule has 1 N–H and O–H groups in total. The SMILES string of the molecule is CC(Cc1cccc(F)c1)NCC(C)(C)N1CCOCC1. The largest absolute Gasteiger partial charge is 0.379 e. The third kappa shape index (κ3) is 5.06. The van der Waals surface area contributed by atoms with Crippen LogP contribution in [-0.2, 0) is 11.2 Å². The van der Waals surface area contributed by atoms with Gasteiger partial charge in [0.1, 0.15) is 5.82 Å². The van der Waals surface area contributed by atoms with Gasteiger partial charge in [-0.1, -0.05) is 12.1 Å². The molecule has 1 saturated heterocycles. The Hall–Kier alpha value is -0.970. The lowest BCUT2D eigenvalue weighted by Gasteiger charge is -2.41. The maximum absolute atomic E-state index is 13.2. The topological polar surface area (TPSA) is 24.5 Å². The van der Waals surface area contributed by atoms with Crippen molar-refractivity contribution in [2.75, 3.05) is 32.8 Å². The van der Waals surface area contributed by atoms with Crippen molar-refractivity contribution in [1.82, 2.24) is 10.2 Å². The molecular weight excluding hydrogens is 267 g/mol. The lowest BCUT2D eigenvalue weighted by molar-refractivity contribution is -0.0102. The highest BCUT2D eigenvalue weighted by atomic mass is 19.1. The minimum absolute atomic E-state index is 0.111. The molecule has 1 fully saturated rings. The molecule has 21 heavy (non-hydrogen) atoms. The highest BCUT2D eigenvalue weighted by Crippen LogP contribution is 2.15. The third-order valence-corrected chi connectivity index (χ3v) is 4.18. The molecule has 1 heterocycles. The summed E-state index contributed by atoms with van der Waals surface area (Å²) < 4.78 is 18.6. The molecule has 0 spiro atoms. The van der Waals surface area contributed by atoms with Crippen molar-refractivity contribution in [3.63, 3.8) is 0 Å². The van der Waals surface area contributed by atoms with Crippen LogP contribution in [0.15, 0.2) is 24.3 Å². The van der Waals surface area contributed by atoms with Crippen LogP contribution in [0, 0.1) is 5.82 Å². The molecule has 0 aromatic heterocycles. The maximum Gasteiger partial charge on any atom is 0.123 e. The van der Waals surface area contributed by atoms with Gasteiger partial charge < -0.3 is 10.1 Å². The van der Waals surface area contributed by atoms with Gasteiger partial charge in [-0.2, -0.15) is 0 Å². The van der Waals surface area contributed by atoms with Gasteiger partial charge in [0.15, 0.2) is 0 Å². The molecule has 0 bridgehead atoms. The van der Waals surface area contributed by atoms with E-state index in [0.717, 1.165) is 44.8 Å². The van der Waals surface area contributed by atoms with Crippen LogP contribution in [0.3, 0.4) is 0 Å². The minimum atomic E-state index is -0.159. The molecule has 1 atom stereocenters. The fourth-order valence-corrected chi connectivity index (χ4v) is 2.79. The molecule has 0 aliphatic carbocycles. The van der Waals surface area contributed by atoms with Crippen molar-refractivity contribution < 1.29 is 9.13 Å². The molecule has 0 saturated carbocycles. The van der Waals surface area contributed by atoms with E-state index < -0.39 is 0 Å². The van der Waals surface area contributed by atoms with E-state index in [-0.39, 0.29) is 11.4 Å². The van der Waals surface area contributed by atoms with E-state index in [2.05, 4.69) is 31.0 Å². The number of benzene rings is 1. The molecule has 0 radical (unpaired) electrons. The number of halogens is 1. The first kappa shape index (κ1) is 16.4. The second-order valence-electron chi connectivity index (χ2n) is 6.53. The fraction of sp³-hybridized carbons (Fsp3) is 0.647. The van der Waals surface area contributed by atoms with Gasteiger partial charge in [-0.05, 0) is 44.9 Å². The second kappa shape index (κ2) is 7.34. The normalized spacial score (nSPS) is 18.7. The predicted octanol–water partition coefficient (Wildman–Crippen LogP) is 2.46. The summed E-state index contributed by atoms with van der Waals surface area (Å²) in [4.78, 5) is 2.47. The van der Waals surface area contributed by atoms with Gasteiger partial charge in [0.05, 0.1) is 13.2 Å². The Morgan fingerprint density at radius 3 is 2.71 bits per heavy atom. The number of morpholine rings is 1. The average Bonchev–Trinajstić information content (AvgIpc) is 2.46. The van der Waals surface area contributed by atoms with E-state index in [1.165, 1.54) is 6.07 Å².